The lowest BCUT2D eigenvalue weighted by Crippen LogP contribution is -2.47. The first-order valence-corrected chi connectivity index (χ1v) is 5.69. The molecular weight excluding hydrogens is 236 g/mol. The van der Waals surface area contributed by atoms with Gasteiger partial charge in [-0.05, 0) is 12.5 Å². The number of likely N-dealkylation sites (N-methyl/N-ethyl adjacent to an activating group) is 1. The second kappa shape index (κ2) is 6.09. The molecule has 1 heterocycles. The fraction of sp³-hybridized carbons (Fsp3) is 0.500. The molecule has 18 heavy (non-hydrogen) atoms. The van der Waals surface area contributed by atoms with E-state index in [1.807, 2.05) is 0 Å². The first kappa shape index (κ1) is 14.1. The summed E-state index contributed by atoms with van der Waals surface area (Å²) in [6.07, 6.45) is 3.46. The van der Waals surface area contributed by atoms with Crippen molar-refractivity contribution in [2.24, 2.45) is 0 Å². The Hall–Kier alpha value is -1.98. The molecule has 0 aliphatic carbocycles. The average molecular weight is 254 g/mol. The number of carboxylic acid groups (broad SMARTS) is 1. The van der Waals surface area contributed by atoms with Crippen molar-refractivity contribution in [2.45, 2.75) is 25.9 Å². The first-order chi connectivity index (χ1) is 8.47. The monoisotopic (exact) mass is 254 g/mol. The minimum atomic E-state index is -0.995. The summed E-state index contributed by atoms with van der Waals surface area (Å²) in [5.41, 5.74) is 0.864. The third-order valence-corrected chi connectivity index (χ3v) is 2.77. The summed E-state index contributed by atoms with van der Waals surface area (Å²) in [5, 5.41) is 9.00. The van der Waals surface area contributed by atoms with E-state index in [1.165, 1.54) is 23.1 Å². The zero-order valence-electron chi connectivity index (χ0n) is 10.8. The van der Waals surface area contributed by atoms with Gasteiger partial charge >= 0.3 is 12.0 Å². The molecule has 1 rings (SSSR count). The number of urea groups is 1. The van der Waals surface area contributed by atoms with Gasteiger partial charge in [0, 0.05) is 19.7 Å². The van der Waals surface area contributed by atoms with Gasteiger partial charge < -0.3 is 19.3 Å². The molecule has 0 radical (unpaired) electrons. The molecule has 100 valence electrons. The largest absolute Gasteiger partial charge is 0.480 e. The number of aliphatic carboxylic acids is 1. The molecule has 0 saturated carbocycles. The van der Waals surface area contributed by atoms with Gasteiger partial charge in [-0.25, -0.2) is 9.59 Å². The maximum Gasteiger partial charge on any atom is 0.326 e. The molecule has 0 spiro atoms. The number of carboxylic acids is 1. The summed E-state index contributed by atoms with van der Waals surface area (Å²) in [4.78, 5) is 25.7. The van der Waals surface area contributed by atoms with Crippen LogP contribution >= 0.6 is 0 Å². The van der Waals surface area contributed by atoms with Gasteiger partial charge in [-0.1, -0.05) is 6.92 Å². The molecule has 2 amide bonds. The Bertz CT molecular complexity index is 402. The number of hydrogen-bond acceptors (Lipinski definition) is 3. The maximum absolute atomic E-state index is 12.0. The molecule has 1 unspecified atom stereocenters. The molecule has 0 aliphatic heterocycles. The highest BCUT2D eigenvalue weighted by atomic mass is 16.4. The van der Waals surface area contributed by atoms with Gasteiger partial charge in [0.2, 0.25) is 0 Å². The second-order valence-corrected chi connectivity index (χ2v) is 4.14. The van der Waals surface area contributed by atoms with Crippen LogP contribution in [0, 0.1) is 0 Å². The van der Waals surface area contributed by atoms with Crippen LogP contribution in [-0.4, -0.2) is 47.0 Å². The molecule has 1 aromatic heterocycles. The van der Waals surface area contributed by atoms with Crippen molar-refractivity contribution >= 4 is 12.0 Å². The summed E-state index contributed by atoms with van der Waals surface area (Å²) in [6.45, 7) is 2.12. The van der Waals surface area contributed by atoms with Gasteiger partial charge in [-0.2, -0.15) is 0 Å². The number of furan rings is 1. The highest BCUT2D eigenvalue weighted by Crippen LogP contribution is 2.09. The standard InChI is InChI=1S/C12H18N2O4/c1-4-10(11(15)16)14(3)12(17)13(2)7-9-5-6-18-8-9/h5-6,8,10H,4,7H2,1-3H3,(H,15,16). The first-order valence-electron chi connectivity index (χ1n) is 5.69. The lowest BCUT2D eigenvalue weighted by atomic mass is 10.2. The maximum atomic E-state index is 12.0. The topological polar surface area (TPSA) is 74.0 Å². The molecule has 1 aromatic rings. The quantitative estimate of drug-likeness (QED) is 0.866. The van der Waals surface area contributed by atoms with Crippen LogP contribution in [0.2, 0.25) is 0 Å². The molecular formula is C12H18N2O4. The third-order valence-electron chi connectivity index (χ3n) is 2.77. The Balaban J connectivity index is 2.65. The Morgan fingerprint density at radius 1 is 1.44 bits per heavy atom. The lowest BCUT2D eigenvalue weighted by molar-refractivity contribution is -0.142. The van der Waals surface area contributed by atoms with E-state index in [-0.39, 0.29) is 6.03 Å². The van der Waals surface area contributed by atoms with Crippen molar-refractivity contribution in [2.75, 3.05) is 14.1 Å². The normalized spacial score (nSPS) is 11.9. The van der Waals surface area contributed by atoms with Gasteiger partial charge in [0.25, 0.3) is 0 Å². The van der Waals surface area contributed by atoms with Gasteiger partial charge in [0.15, 0.2) is 0 Å². The van der Waals surface area contributed by atoms with Crippen molar-refractivity contribution in [3.8, 4) is 0 Å². The summed E-state index contributed by atoms with van der Waals surface area (Å²) in [5.74, 6) is -0.995. The van der Waals surface area contributed by atoms with E-state index >= 15 is 0 Å². The predicted octanol–water partition coefficient (Wildman–Crippen LogP) is 1.63. The van der Waals surface area contributed by atoms with Crippen LogP contribution in [0.15, 0.2) is 23.0 Å². The fourth-order valence-electron chi connectivity index (χ4n) is 1.74. The minimum absolute atomic E-state index is 0.328. The zero-order chi connectivity index (χ0) is 13.7. The van der Waals surface area contributed by atoms with Gasteiger partial charge in [-0.3, -0.25) is 0 Å². The molecule has 6 nitrogen and oxygen atoms in total. The van der Waals surface area contributed by atoms with Gasteiger partial charge in [0.05, 0.1) is 19.1 Å². The third kappa shape index (κ3) is 3.26. The average Bonchev–Trinajstić information content (AvgIpc) is 2.80. The SMILES string of the molecule is CCC(C(=O)O)N(C)C(=O)N(C)Cc1ccoc1. The highest BCUT2D eigenvalue weighted by Gasteiger charge is 2.26. The summed E-state index contributed by atoms with van der Waals surface area (Å²) in [6, 6.07) is 0.632. The Kier molecular flexibility index (Phi) is 4.76. The molecule has 1 N–H and O–H groups in total. The van der Waals surface area contributed by atoms with E-state index in [1.54, 1.807) is 26.3 Å². The predicted molar refractivity (Wildman–Crippen MR) is 65.0 cm³/mol. The van der Waals surface area contributed by atoms with E-state index in [9.17, 15) is 9.59 Å². The number of hydrogen-bond donors (Lipinski definition) is 1. The van der Waals surface area contributed by atoms with Crippen LogP contribution in [0.3, 0.4) is 0 Å². The van der Waals surface area contributed by atoms with Crippen LogP contribution in [0.1, 0.15) is 18.9 Å². The van der Waals surface area contributed by atoms with Crippen LogP contribution in [0.4, 0.5) is 4.79 Å². The Morgan fingerprint density at radius 2 is 2.11 bits per heavy atom. The van der Waals surface area contributed by atoms with Gasteiger partial charge in [-0.15, -0.1) is 0 Å². The number of rotatable bonds is 5. The van der Waals surface area contributed by atoms with Crippen molar-refractivity contribution in [3.63, 3.8) is 0 Å². The fourth-order valence-corrected chi connectivity index (χ4v) is 1.74. The zero-order valence-corrected chi connectivity index (χ0v) is 10.8. The Labute approximate surface area is 106 Å². The van der Waals surface area contributed by atoms with Crippen molar-refractivity contribution in [1.82, 2.24) is 9.80 Å². The number of carbonyl (C=O) groups is 2. The lowest BCUT2D eigenvalue weighted by Gasteiger charge is -2.28. The molecule has 0 aromatic carbocycles. The highest BCUT2D eigenvalue weighted by molar-refractivity contribution is 5.82. The van der Waals surface area contributed by atoms with Crippen LogP contribution in [0.5, 0.6) is 0 Å². The Morgan fingerprint density at radius 3 is 2.56 bits per heavy atom. The van der Waals surface area contributed by atoms with E-state index < -0.39 is 12.0 Å². The molecule has 0 aliphatic rings. The molecule has 0 saturated heterocycles. The van der Waals surface area contributed by atoms with Crippen LogP contribution in [-0.2, 0) is 11.3 Å². The smallest absolute Gasteiger partial charge is 0.326 e. The minimum Gasteiger partial charge on any atom is -0.480 e. The van der Waals surface area contributed by atoms with E-state index in [0.29, 0.717) is 13.0 Å². The summed E-state index contributed by atoms with van der Waals surface area (Å²) < 4.78 is 4.92. The number of nitrogens with zero attached hydrogens (tertiary/aromatic N) is 2. The van der Waals surface area contributed by atoms with Crippen molar-refractivity contribution in [3.05, 3.63) is 24.2 Å². The van der Waals surface area contributed by atoms with E-state index in [0.717, 1.165) is 5.56 Å². The summed E-state index contributed by atoms with van der Waals surface area (Å²) in [7, 11) is 3.12. The van der Waals surface area contributed by atoms with Gasteiger partial charge in [0.1, 0.15) is 6.04 Å². The molecule has 6 heteroatoms. The van der Waals surface area contributed by atoms with Crippen molar-refractivity contribution in [1.29, 1.82) is 0 Å². The summed E-state index contributed by atoms with van der Waals surface area (Å²) >= 11 is 0. The van der Waals surface area contributed by atoms with Crippen LogP contribution < -0.4 is 0 Å². The molecule has 0 bridgehead atoms. The number of carbonyl (C=O) groups excluding carboxylic acids is 1. The van der Waals surface area contributed by atoms with E-state index in [2.05, 4.69) is 0 Å². The van der Waals surface area contributed by atoms with Crippen LogP contribution in [0.25, 0.3) is 0 Å². The number of amides is 2. The molecule has 0 fully saturated rings. The second-order valence-electron chi connectivity index (χ2n) is 4.14. The molecule has 1 atom stereocenters. The van der Waals surface area contributed by atoms with E-state index in [4.69, 9.17) is 9.52 Å². The van der Waals surface area contributed by atoms with Crippen molar-refractivity contribution < 1.29 is 19.1 Å².